The summed E-state index contributed by atoms with van der Waals surface area (Å²) in [5, 5.41) is 4.02. The predicted octanol–water partition coefficient (Wildman–Crippen LogP) is 3.33. The van der Waals surface area contributed by atoms with Crippen LogP contribution in [-0.4, -0.2) is 20.5 Å². The lowest BCUT2D eigenvalue weighted by atomic mass is 10.1. The van der Waals surface area contributed by atoms with E-state index in [0.29, 0.717) is 5.82 Å². The van der Waals surface area contributed by atoms with Crippen molar-refractivity contribution in [1.82, 2.24) is 14.8 Å². The van der Waals surface area contributed by atoms with Crippen molar-refractivity contribution in [1.29, 1.82) is 0 Å². The lowest BCUT2D eigenvalue weighted by Crippen LogP contribution is -2.14. The second kappa shape index (κ2) is 5.78. The van der Waals surface area contributed by atoms with Crippen molar-refractivity contribution in [2.75, 3.05) is 0 Å². The summed E-state index contributed by atoms with van der Waals surface area (Å²) in [6.45, 7) is 3.83. The number of benzene rings is 1. The van der Waals surface area contributed by atoms with Gasteiger partial charge in [-0.25, -0.2) is 18.4 Å². The summed E-state index contributed by atoms with van der Waals surface area (Å²) in [6.07, 6.45) is 1.34. The van der Waals surface area contributed by atoms with Gasteiger partial charge in [0, 0.05) is 11.6 Å². The van der Waals surface area contributed by atoms with Crippen molar-refractivity contribution >= 4 is 21.7 Å². The summed E-state index contributed by atoms with van der Waals surface area (Å²) >= 11 is 2.90. The van der Waals surface area contributed by atoms with Gasteiger partial charge < -0.3 is 0 Å². The molecule has 0 saturated carbocycles. The van der Waals surface area contributed by atoms with E-state index >= 15 is 0 Å². The van der Waals surface area contributed by atoms with Crippen LogP contribution < -0.4 is 0 Å². The molecule has 0 radical (unpaired) electrons. The molecule has 1 aromatic heterocycles. The Bertz CT molecular complexity index is 655. The third-order valence-electron chi connectivity index (χ3n) is 2.79. The average Bonchev–Trinajstić information content (AvgIpc) is 2.84. The van der Waals surface area contributed by atoms with E-state index in [2.05, 4.69) is 26.0 Å². The monoisotopic (exact) mass is 343 g/mol. The summed E-state index contributed by atoms with van der Waals surface area (Å²) in [5.74, 6) is -1.94. The van der Waals surface area contributed by atoms with Gasteiger partial charge in [-0.2, -0.15) is 5.10 Å². The Morgan fingerprint density at radius 2 is 2.10 bits per heavy atom. The molecule has 0 unspecified atom stereocenters. The van der Waals surface area contributed by atoms with E-state index in [1.807, 2.05) is 13.8 Å². The number of aromatic nitrogens is 3. The number of nitrogens with zero attached hydrogens (tertiary/aromatic N) is 3. The van der Waals surface area contributed by atoms with Gasteiger partial charge in [-0.3, -0.25) is 4.79 Å². The lowest BCUT2D eigenvalue weighted by Gasteiger charge is -2.09. The maximum absolute atomic E-state index is 13.4. The molecule has 0 amide bonds. The topological polar surface area (TPSA) is 47.8 Å². The third kappa shape index (κ3) is 2.77. The second-order valence-electron chi connectivity index (χ2n) is 4.54. The fourth-order valence-corrected chi connectivity index (χ4v) is 2.35. The van der Waals surface area contributed by atoms with Crippen LogP contribution in [-0.2, 0) is 6.42 Å². The minimum atomic E-state index is -1.07. The molecule has 106 valence electrons. The molecule has 1 aromatic carbocycles. The Kier molecular flexibility index (Phi) is 4.27. The number of hydrogen-bond donors (Lipinski definition) is 0. The Morgan fingerprint density at radius 3 is 2.75 bits per heavy atom. The van der Waals surface area contributed by atoms with E-state index in [9.17, 15) is 13.6 Å². The van der Waals surface area contributed by atoms with E-state index in [-0.39, 0.29) is 28.3 Å². The Labute approximate surface area is 123 Å². The minimum absolute atomic E-state index is 0.0259. The normalized spacial score (nSPS) is 11.1. The number of rotatable bonds is 4. The molecule has 0 fully saturated rings. The molecule has 20 heavy (non-hydrogen) atoms. The highest BCUT2D eigenvalue weighted by Crippen LogP contribution is 2.24. The van der Waals surface area contributed by atoms with Crippen LogP contribution in [0, 0.1) is 11.6 Å². The number of carbonyl (C=O) groups excluding carboxylic acids is 1. The van der Waals surface area contributed by atoms with Crippen molar-refractivity contribution in [3.63, 3.8) is 0 Å². The first-order chi connectivity index (χ1) is 9.41. The van der Waals surface area contributed by atoms with Crippen molar-refractivity contribution in [2.45, 2.75) is 26.3 Å². The Hall–Kier alpha value is -1.63. The highest BCUT2D eigenvalue weighted by atomic mass is 79.9. The Balaban J connectivity index is 2.29. The van der Waals surface area contributed by atoms with Crippen molar-refractivity contribution in [3.8, 4) is 0 Å². The molecule has 0 spiro atoms. The summed E-state index contributed by atoms with van der Waals surface area (Å²) in [7, 11) is 0. The van der Waals surface area contributed by atoms with Crippen molar-refractivity contribution in [3.05, 3.63) is 46.0 Å². The molecular formula is C13H12BrF2N3O. The first-order valence-corrected chi connectivity index (χ1v) is 6.76. The maximum Gasteiger partial charge on any atom is 0.173 e. The molecule has 0 bridgehead atoms. The van der Waals surface area contributed by atoms with Gasteiger partial charge in [-0.15, -0.1) is 0 Å². The highest BCUT2D eigenvalue weighted by Gasteiger charge is 2.19. The number of halogens is 3. The van der Waals surface area contributed by atoms with Crippen LogP contribution in [0.15, 0.2) is 22.9 Å². The molecular weight excluding hydrogens is 332 g/mol. The zero-order valence-electron chi connectivity index (χ0n) is 10.9. The van der Waals surface area contributed by atoms with Gasteiger partial charge in [0.1, 0.15) is 12.2 Å². The lowest BCUT2D eigenvalue weighted by molar-refractivity contribution is 0.0987. The molecule has 2 aromatic rings. The van der Waals surface area contributed by atoms with E-state index in [0.717, 1.165) is 6.07 Å². The smallest absolute Gasteiger partial charge is 0.173 e. The van der Waals surface area contributed by atoms with Crippen LogP contribution in [0.2, 0.25) is 0 Å². The standard InChI is InChI=1S/C13H12BrF2N3O/c1-7(2)19-11(17-6-18-19)5-10(20)8-3-4-9(15)13(16)12(8)14/h3-4,6-7H,5H2,1-2H3. The zero-order chi connectivity index (χ0) is 14.9. The molecule has 7 heteroatoms. The van der Waals surface area contributed by atoms with Gasteiger partial charge in [-0.1, -0.05) is 0 Å². The van der Waals surface area contributed by atoms with E-state index in [1.165, 1.54) is 12.4 Å². The van der Waals surface area contributed by atoms with E-state index in [1.54, 1.807) is 4.68 Å². The van der Waals surface area contributed by atoms with Crippen LogP contribution in [0.4, 0.5) is 8.78 Å². The van der Waals surface area contributed by atoms with Gasteiger partial charge in [0.05, 0.1) is 10.9 Å². The molecule has 4 nitrogen and oxygen atoms in total. The van der Waals surface area contributed by atoms with E-state index < -0.39 is 11.6 Å². The van der Waals surface area contributed by atoms with Crippen LogP contribution in [0.3, 0.4) is 0 Å². The van der Waals surface area contributed by atoms with Crippen LogP contribution >= 0.6 is 15.9 Å². The first-order valence-electron chi connectivity index (χ1n) is 5.97. The summed E-state index contributed by atoms with van der Waals surface area (Å²) in [5.41, 5.74) is 0.0854. The van der Waals surface area contributed by atoms with Crippen LogP contribution in [0.1, 0.15) is 36.1 Å². The number of Topliss-reactive ketones (excluding diaryl/α,β-unsaturated/α-hetero) is 1. The van der Waals surface area contributed by atoms with Crippen LogP contribution in [0.25, 0.3) is 0 Å². The van der Waals surface area contributed by atoms with Gasteiger partial charge in [-0.05, 0) is 41.9 Å². The number of carbonyl (C=O) groups is 1. The van der Waals surface area contributed by atoms with Gasteiger partial charge >= 0.3 is 0 Å². The summed E-state index contributed by atoms with van der Waals surface area (Å²) < 4.78 is 27.9. The molecule has 0 saturated heterocycles. The van der Waals surface area contributed by atoms with Crippen molar-refractivity contribution in [2.24, 2.45) is 0 Å². The predicted molar refractivity (Wildman–Crippen MR) is 72.5 cm³/mol. The third-order valence-corrected chi connectivity index (χ3v) is 3.57. The fraction of sp³-hybridized carbons (Fsp3) is 0.308. The van der Waals surface area contributed by atoms with E-state index in [4.69, 9.17) is 0 Å². The maximum atomic E-state index is 13.4. The Morgan fingerprint density at radius 1 is 1.40 bits per heavy atom. The highest BCUT2D eigenvalue weighted by molar-refractivity contribution is 9.10. The average molecular weight is 344 g/mol. The molecule has 0 aliphatic heterocycles. The molecule has 0 atom stereocenters. The van der Waals surface area contributed by atoms with Gasteiger partial charge in [0.15, 0.2) is 17.4 Å². The van der Waals surface area contributed by atoms with Gasteiger partial charge in [0.25, 0.3) is 0 Å². The first kappa shape index (κ1) is 14.8. The number of ketones is 1. The molecule has 0 aliphatic rings. The summed E-state index contributed by atoms with van der Waals surface area (Å²) in [6, 6.07) is 2.25. The molecule has 2 rings (SSSR count). The second-order valence-corrected chi connectivity index (χ2v) is 5.33. The van der Waals surface area contributed by atoms with Gasteiger partial charge in [0.2, 0.25) is 0 Å². The van der Waals surface area contributed by atoms with Crippen LogP contribution in [0.5, 0.6) is 0 Å². The molecule has 0 N–H and O–H groups in total. The SMILES string of the molecule is CC(C)n1ncnc1CC(=O)c1ccc(F)c(F)c1Br. The zero-order valence-corrected chi connectivity index (χ0v) is 12.5. The quantitative estimate of drug-likeness (QED) is 0.631. The minimum Gasteiger partial charge on any atom is -0.294 e. The number of hydrogen-bond acceptors (Lipinski definition) is 3. The fourth-order valence-electron chi connectivity index (χ4n) is 1.81. The summed E-state index contributed by atoms with van der Waals surface area (Å²) in [4.78, 5) is 16.2. The largest absolute Gasteiger partial charge is 0.294 e. The molecule has 0 aliphatic carbocycles. The van der Waals surface area contributed by atoms with Crippen molar-refractivity contribution < 1.29 is 13.6 Å². The molecule has 1 heterocycles.